The number of phenols is 2. The van der Waals surface area contributed by atoms with Crippen molar-refractivity contribution < 1.29 is 43.9 Å². The minimum Gasteiger partial charge on any atom is -0.508 e. The molecule has 1 aliphatic rings. The van der Waals surface area contributed by atoms with Crippen molar-refractivity contribution in [1.29, 1.82) is 0 Å². The molecule has 3 rings (SSSR count). The lowest BCUT2D eigenvalue weighted by Gasteiger charge is -2.32. The van der Waals surface area contributed by atoms with E-state index in [-0.39, 0.29) is 52.5 Å². The van der Waals surface area contributed by atoms with Gasteiger partial charge in [-0.2, -0.15) is 0 Å². The molecule has 2 unspecified atom stereocenters. The Morgan fingerprint density at radius 2 is 1.70 bits per heavy atom. The van der Waals surface area contributed by atoms with E-state index in [1.165, 1.54) is 33.5 Å². The highest BCUT2D eigenvalue weighted by atomic mass is 16.5. The number of ether oxygens (including phenoxy) is 3. The van der Waals surface area contributed by atoms with Crippen LogP contribution >= 0.6 is 0 Å². The Labute approximate surface area is 189 Å². The van der Waals surface area contributed by atoms with Crippen LogP contribution in [0.2, 0.25) is 0 Å². The molecule has 33 heavy (non-hydrogen) atoms. The Morgan fingerprint density at radius 3 is 2.27 bits per heavy atom. The Kier molecular flexibility index (Phi) is 6.66. The number of carbonyl (C=O) groups is 3. The molecule has 0 radical (unpaired) electrons. The zero-order valence-electron chi connectivity index (χ0n) is 18.6. The van der Waals surface area contributed by atoms with Crippen LogP contribution in [-0.4, -0.2) is 65.4 Å². The maximum atomic E-state index is 13.6. The summed E-state index contributed by atoms with van der Waals surface area (Å²) in [4.78, 5) is 38.6. The average molecular weight is 459 g/mol. The molecule has 1 heterocycles. The largest absolute Gasteiger partial charge is 0.508 e. The van der Waals surface area contributed by atoms with E-state index in [1.54, 1.807) is 19.1 Å². The van der Waals surface area contributed by atoms with Crippen molar-refractivity contribution in [1.82, 2.24) is 4.90 Å². The lowest BCUT2D eigenvalue weighted by atomic mass is 9.94. The molecule has 0 aromatic heterocycles. The lowest BCUT2D eigenvalue weighted by Crippen LogP contribution is -2.44. The fourth-order valence-electron chi connectivity index (χ4n) is 4.14. The van der Waals surface area contributed by atoms with Gasteiger partial charge in [-0.1, -0.05) is 0 Å². The molecule has 10 nitrogen and oxygen atoms in total. The number of benzene rings is 2. The number of carboxylic acid groups (broad SMARTS) is 1. The molecule has 10 heteroatoms. The number of fused-ring (bicyclic) bond motifs is 1. The van der Waals surface area contributed by atoms with Crippen molar-refractivity contribution in [2.24, 2.45) is 0 Å². The number of amides is 1. The van der Waals surface area contributed by atoms with Crippen molar-refractivity contribution in [3.8, 4) is 23.0 Å². The van der Waals surface area contributed by atoms with Crippen molar-refractivity contribution in [3.05, 3.63) is 46.5 Å². The van der Waals surface area contributed by atoms with Crippen LogP contribution in [-0.2, 0) is 14.3 Å². The van der Waals surface area contributed by atoms with Gasteiger partial charge in [-0.3, -0.25) is 9.59 Å². The molecule has 0 aliphatic carbocycles. The molecule has 0 bridgehead atoms. The normalized spacial score (nSPS) is 15.7. The Hall–Kier alpha value is -3.95. The summed E-state index contributed by atoms with van der Waals surface area (Å²) in [5, 5.41) is 31.1. The molecule has 3 N–H and O–H groups in total. The molecule has 0 fully saturated rings. The summed E-state index contributed by atoms with van der Waals surface area (Å²) in [6.45, 7) is 1.75. The van der Waals surface area contributed by atoms with Crippen molar-refractivity contribution in [3.63, 3.8) is 0 Å². The van der Waals surface area contributed by atoms with Crippen molar-refractivity contribution in [2.45, 2.75) is 31.8 Å². The van der Waals surface area contributed by atoms with Gasteiger partial charge in [0.15, 0.2) is 11.5 Å². The molecule has 2 aromatic rings. The second kappa shape index (κ2) is 9.27. The maximum absolute atomic E-state index is 13.6. The fourth-order valence-corrected chi connectivity index (χ4v) is 4.14. The molecule has 1 amide bonds. The summed E-state index contributed by atoms with van der Waals surface area (Å²) >= 11 is 0. The summed E-state index contributed by atoms with van der Waals surface area (Å²) in [5.74, 6) is -2.93. The first-order valence-electron chi connectivity index (χ1n) is 10.0. The van der Waals surface area contributed by atoms with Crippen LogP contribution in [0.4, 0.5) is 0 Å². The van der Waals surface area contributed by atoms with Crippen molar-refractivity contribution >= 4 is 17.8 Å². The van der Waals surface area contributed by atoms with Gasteiger partial charge in [0.25, 0.3) is 5.91 Å². The van der Waals surface area contributed by atoms with Crippen LogP contribution < -0.4 is 9.47 Å². The minimum absolute atomic E-state index is 0.0544. The Bertz CT molecular complexity index is 1110. The number of hydrogen-bond acceptors (Lipinski definition) is 8. The summed E-state index contributed by atoms with van der Waals surface area (Å²) < 4.78 is 15.1. The molecule has 2 aromatic carbocycles. The summed E-state index contributed by atoms with van der Waals surface area (Å²) in [6, 6.07) is 3.24. The first-order valence-corrected chi connectivity index (χ1v) is 10.0. The predicted molar refractivity (Wildman–Crippen MR) is 115 cm³/mol. The highest BCUT2D eigenvalue weighted by Crippen LogP contribution is 2.49. The second-order valence-electron chi connectivity index (χ2n) is 7.60. The van der Waals surface area contributed by atoms with E-state index in [2.05, 4.69) is 4.74 Å². The lowest BCUT2D eigenvalue weighted by molar-refractivity contribution is -0.144. The topological polar surface area (TPSA) is 143 Å². The van der Waals surface area contributed by atoms with Gasteiger partial charge in [-0.25, -0.2) is 4.79 Å². The Balaban J connectivity index is 2.27. The number of carboxylic acids is 1. The SMILES string of the molecule is COC(=O)CCC(C(=O)O)N1C(=O)c2c(OC)cc(O)cc2C1c1cc(C)cc(OC)c1O. The minimum atomic E-state index is -1.44. The fraction of sp³-hybridized carbons (Fsp3) is 0.348. The quantitative estimate of drug-likeness (QED) is 0.507. The van der Waals surface area contributed by atoms with Crippen LogP contribution in [0, 0.1) is 6.92 Å². The van der Waals surface area contributed by atoms with E-state index < -0.39 is 29.9 Å². The number of hydrogen-bond donors (Lipinski definition) is 3. The zero-order valence-corrected chi connectivity index (χ0v) is 18.6. The van der Waals surface area contributed by atoms with E-state index in [0.717, 1.165) is 4.90 Å². The molecule has 0 spiro atoms. The highest BCUT2D eigenvalue weighted by molar-refractivity contribution is 6.04. The molecule has 2 atom stereocenters. The van der Waals surface area contributed by atoms with Gasteiger partial charge in [0.2, 0.25) is 0 Å². The maximum Gasteiger partial charge on any atom is 0.326 e. The molecule has 176 valence electrons. The average Bonchev–Trinajstić information content (AvgIpc) is 3.05. The smallest absolute Gasteiger partial charge is 0.326 e. The number of aliphatic carboxylic acids is 1. The van der Waals surface area contributed by atoms with Crippen LogP contribution in [0.25, 0.3) is 0 Å². The van der Waals surface area contributed by atoms with E-state index >= 15 is 0 Å². The van der Waals surface area contributed by atoms with Gasteiger partial charge in [0.1, 0.15) is 17.5 Å². The Morgan fingerprint density at radius 1 is 1.03 bits per heavy atom. The second-order valence-corrected chi connectivity index (χ2v) is 7.60. The summed E-state index contributed by atoms with van der Waals surface area (Å²) in [6.07, 6.45) is -0.470. The summed E-state index contributed by atoms with van der Waals surface area (Å²) in [7, 11) is 3.87. The molecule has 0 saturated heterocycles. The summed E-state index contributed by atoms with van der Waals surface area (Å²) in [5.41, 5.74) is 1.21. The third kappa shape index (κ3) is 4.23. The first-order chi connectivity index (χ1) is 15.6. The number of carbonyl (C=O) groups excluding carboxylic acids is 2. The molecular formula is C23H25NO9. The van der Waals surface area contributed by atoms with Crippen LogP contribution in [0.15, 0.2) is 24.3 Å². The molecule has 0 saturated carbocycles. The van der Waals surface area contributed by atoms with E-state index in [9.17, 15) is 29.7 Å². The van der Waals surface area contributed by atoms with Gasteiger partial charge in [-0.15, -0.1) is 0 Å². The standard InChI is InChI=1S/C23H25NO9/c1-11-7-14(21(27)17(8-11)32-3)20-13-9-12(25)10-16(31-2)19(13)22(28)24(20)15(23(29)30)5-6-18(26)33-4/h7-10,15,20,25,27H,5-6H2,1-4H3,(H,29,30). The number of nitrogens with zero attached hydrogens (tertiary/aromatic N) is 1. The van der Waals surface area contributed by atoms with E-state index in [1.807, 2.05) is 0 Å². The number of aromatic hydroxyl groups is 2. The van der Waals surface area contributed by atoms with Gasteiger partial charge in [0.05, 0.1) is 32.9 Å². The first kappa shape index (κ1) is 23.7. The number of methoxy groups -OCH3 is 3. The van der Waals surface area contributed by atoms with Crippen LogP contribution in [0.1, 0.15) is 45.9 Å². The monoisotopic (exact) mass is 459 g/mol. The third-order valence-electron chi connectivity index (χ3n) is 5.59. The third-order valence-corrected chi connectivity index (χ3v) is 5.59. The van der Waals surface area contributed by atoms with Crippen LogP contribution in [0.3, 0.4) is 0 Å². The van der Waals surface area contributed by atoms with Gasteiger partial charge in [-0.05, 0) is 42.7 Å². The molecule has 1 aliphatic heterocycles. The number of phenolic OH excluding ortho intramolecular Hbond substituents is 2. The van der Waals surface area contributed by atoms with Crippen molar-refractivity contribution in [2.75, 3.05) is 21.3 Å². The van der Waals surface area contributed by atoms with E-state index in [4.69, 9.17) is 9.47 Å². The number of aryl methyl sites for hydroxylation is 1. The number of rotatable bonds is 8. The molecular weight excluding hydrogens is 434 g/mol. The van der Waals surface area contributed by atoms with Gasteiger partial charge >= 0.3 is 11.9 Å². The predicted octanol–water partition coefficient (Wildman–Crippen LogP) is 2.38. The van der Waals surface area contributed by atoms with Gasteiger partial charge < -0.3 is 34.4 Å². The number of esters is 1. The van der Waals surface area contributed by atoms with Crippen LogP contribution in [0.5, 0.6) is 23.0 Å². The zero-order chi connectivity index (χ0) is 24.4. The van der Waals surface area contributed by atoms with E-state index in [0.29, 0.717) is 5.56 Å². The highest BCUT2D eigenvalue weighted by Gasteiger charge is 2.47. The van der Waals surface area contributed by atoms with Gasteiger partial charge in [0, 0.05) is 18.1 Å².